The van der Waals surface area contributed by atoms with E-state index in [0.717, 1.165) is 89.9 Å². The maximum Gasteiger partial charge on any atom is 0.472 e. The van der Waals surface area contributed by atoms with Gasteiger partial charge in [0.15, 0.2) is 0 Å². The predicted molar refractivity (Wildman–Crippen MR) is 299 cm³/mol. The van der Waals surface area contributed by atoms with E-state index in [4.69, 9.17) is 9.05 Å². The van der Waals surface area contributed by atoms with Crippen molar-refractivity contribution in [2.45, 2.75) is 212 Å². The van der Waals surface area contributed by atoms with Gasteiger partial charge in [0.25, 0.3) is 0 Å². The van der Waals surface area contributed by atoms with Gasteiger partial charge in [-0.15, -0.1) is 0 Å². The fourth-order valence-corrected chi connectivity index (χ4v) is 7.85. The SMILES string of the molecule is CC/C=C\C/C=C\C/C=C\C/C=C\C/C=C\C/C=C\C/C=C\CCCCCC(=O)NC(COP(=O)(O)OCC[N+](C)(C)C)C(O)/C=C/CC/C=C/CC/C=C/CCCCCCCCCCCCCC. The van der Waals surface area contributed by atoms with Crippen molar-refractivity contribution in [3.63, 3.8) is 0 Å². The number of hydrogen-bond acceptors (Lipinski definition) is 5. The third-order valence-corrected chi connectivity index (χ3v) is 12.4. The van der Waals surface area contributed by atoms with E-state index >= 15 is 0 Å². The largest absolute Gasteiger partial charge is 0.472 e. The number of carbonyl (C=O) groups excluding carboxylic acids is 1. The van der Waals surface area contributed by atoms with Crippen molar-refractivity contribution in [1.82, 2.24) is 5.32 Å². The Kier molecular flexibility index (Phi) is 47.6. The van der Waals surface area contributed by atoms with Crippen LogP contribution in [-0.4, -0.2) is 73.4 Å². The first-order chi connectivity index (χ1) is 33.5. The summed E-state index contributed by atoms with van der Waals surface area (Å²) in [6, 6.07) is -0.898. The molecular formula is C60H104N2O6P+. The molecule has 1 amide bonds. The van der Waals surface area contributed by atoms with Gasteiger partial charge in [0.1, 0.15) is 13.2 Å². The van der Waals surface area contributed by atoms with Crippen LogP contribution in [-0.2, 0) is 18.4 Å². The second-order valence-corrected chi connectivity index (χ2v) is 20.7. The highest BCUT2D eigenvalue weighted by Gasteiger charge is 2.27. The highest BCUT2D eigenvalue weighted by atomic mass is 31.2. The molecule has 0 aromatic rings. The number of allylic oxidation sites excluding steroid dienone is 19. The zero-order valence-corrected chi connectivity index (χ0v) is 45.6. The minimum absolute atomic E-state index is 0.0394. The molecule has 8 nitrogen and oxygen atoms in total. The Balaban J connectivity index is 4.46. The Labute approximate surface area is 424 Å². The van der Waals surface area contributed by atoms with Crippen LogP contribution in [0.2, 0.25) is 0 Å². The van der Waals surface area contributed by atoms with Crippen LogP contribution in [0.15, 0.2) is 122 Å². The smallest absolute Gasteiger partial charge is 0.387 e. The number of amides is 1. The van der Waals surface area contributed by atoms with Crippen molar-refractivity contribution in [2.24, 2.45) is 0 Å². The number of nitrogens with one attached hydrogen (secondary N) is 1. The molecule has 69 heavy (non-hydrogen) atoms. The Morgan fingerprint density at radius 3 is 1.33 bits per heavy atom. The number of quaternary nitrogens is 1. The number of phosphoric acid groups is 1. The summed E-state index contributed by atoms with van der Waals surface area (Å²) >= 11 is 0. The van der Waals surface area contributed by atoms with E-state index in [0.29, 0.717) is 23.9 Å². The van der Waals surface area contributed by atoms with E-state index in [9.17, 15) is 19.4 Å². The zero-order chi connectivity index (χ0) is 50.6. The van der Waals surface area contributed by atoms with Crippen LogP contribution in [0.1, 0.15) is 200 Å². The lowest BCUT2D eigenvalue weighted by molar-refractivity contribution is -0.870. The summed E-state index contributed by atoms with van der Waals surface area (Å²) in [7, 11) is 1.50. The monoisotopic (exact) mass is 980 g/mol. The van der Waals surface area contributed by atoms with Gasteiger partial charge in [-0.3, -0.25) is 13.8 Å². The number of carbonyl (C=O) groups is 1. The molecule has 0 radical (unpaired) electrons. The van der Waals surface area contributed by atoms with Crippen LogP contribution in [0.4, 0.5) is 0 Å². The number of hydrogen-bond donors (Lipinski definition) is 3. The minimum Gasteiger partial charge on any atom is -0.387 e. The molecule has 0 saturated heterocycles. The fraction of sp³-hybridized carbons (Fsp3) is 0.650. The van der Waals surface area contributed by atoms with Crippen molar-refractivity contribution < 1.29 is 32.9 Å². The normalized spacial score (nSPS) is 14.9. The van der Waals surface area contributed by atoms with Crippen LogP contribution >= 0.6 is 7.82 Å². The number of rotatable bonds is 48. The molecule has 3 atom stereocenters. The quantitative estimate of drug-likeness (QED) is 0.0243. The Bertz CT molecular complexity index is 1530. The van der Waals surface area contributed by atoms with Gasteiger partial charge >= 0.3 is 7.82 Å². The third-order valence-electron chi connectivity index (χ3n) is 11.4. The minimum atomic E-state index is -4.38. The van der Waals surface area contributed by atoms with E-state index in [-0.39, 0.29) is 19.1 Å². The first-order valence-electron chi connectivity index (χ1n) is 27.4. The van der Waals surface area contributed by atoms with Gasteiger partial charge in [-0.05, 0) is 103 Å². The van der Waals surface area contributed by atoms with Crippen LogP contribution in [0.5, 0.6) is 0 Å². The van der Waals surface area contributed by atoms with Crippen molar-refractivity contribution in [3.05, 3.63) is 122 Å². The molecule has 0 aromatic heterocycles. The van der Waals surface area contributed by atoms with Crippen LogP contribution in [0, 0.1) is 0 Å². The predicted octanol–water partition coefficient (Wildman–Crippen LogP) is 16.6. The topological polar surface area (TPSA) is 105 Å². The van der Waals surface area contributed by atoms with Crippen molar-refractivity contribution in [3.8, 4) is 0 Å². The van der Waals surface area contributed by atoms with E-state index in [2.05, 4.69) is 129 Å². The number of aliphatic hydroxyl groups excluding tert-OH is 1. The molecule has 0 aliphatic carbocycles. The Morgan fingerprint density at radius 2 is 0.884 bits per heavy atom. The maximum atomic E-state index is 13.0. The average Bonchev–Trinajstić information content (AvgIpc) is 3.31. The van der Waals surface area contributed by atoms with Gasteiger partial charge in [-0.2, -0.15) is 0 Å². The molecule has 0 aromatic carbocycles. The van der Waals surface area contributed by atoms with Gasteiger partial charge in [0.2, 0.25) is 5.91 Å². The molecule has 3 N–H and O–H groups in total. The summed E-state index contributed by atoms with van der Waals surface area (Å²) in [4.78, 5) is 23.3. The zero-order valence-electron chi connectivity index (χ0n) is 44.8. The highest BCUT2D eigenvalue weighted by Crippen LogP contribution is 2.43. The van der Waals surface area contributed by atoms with Gasteiger partial charge in [-0.25, -0.2) is 4.57 Å². The molecule has 394 valence electrons. The van der Waals surface area contributed by atoms with Crippen LogP contribution < -0.4 is 5.32 Å². The molecule has 3 unspecified atom stereocenters. The standard InChI is InChI=1S/C60H103N2O6P/c1-6-8-10-12-14-16-18-20-22-24-26-28-30-31-32-34-36-38-40-42-44-46-48-50-52-54-60(64)61-58(57-68-69(65,66)67-56-55-62(3,4)5)59(63)53-51-49-47-45-43-41-39-37-35-33-29-27-25-23-21-19-17-15-13-11-9-7-2/h8,10,14,16,20,22,26,28,31-32,35-38,42-45,51,53,58-59,63H,6-7,9,11-13,15,17-19,21,23-25,27,29-30,33-34,39-41,46-50,52,54-57H2,1-5H3,(H-,61,64,65,66)/p+1/b10-8-,16-14-,22-20-,28-26-,32-31-,37-35+,38-36-,44-42-,45-43+,53-51+. The van der Waals surface area contributed by atoms with E-state index in [1.54, 1.807) is 6.08 Å². The lowest BCUT2D eigenvalue weighted by Gasteiger charge is -2.25. The molecule has 0 aliphatic heterocycles. The number of likely N-dealkylation sites (N-methyl/N-ethyl adjacent to an activating group) is 1. The summed E-state index contributed by atoms with van der Waals surface area (Å²) in [5.41, 5.74) is 0. The maximum absolute atomic E-state index is 13.0. The molecule has 0 spiro atoms. The van der Waals surface area contributed by atoms with Crippen LogP contribution in [0.25, 0.3) is 0 Å². The first-order valence-corrected chi connectivity index (χ1v) is 28.9. The van der Waals surface area contributed by atoms with Crippen LogP contribution in [0.3, 0.4) is 0 Å². The molecular weight excluding hydrogens is 876 g/mol. The number of aliphatic hydroxyl groups is 1. The molecule has 0 heterocycles. The molecule has 0 aliphatic rings. The summed E-state index contributed by atoms with van der Waals surface area (Å²) < 4.78 is 23.6. The summed E-state index contributed by atoms with van der Waals surface area (Å²) in [5, 5.41) is 13.9. The Morgan fingerprint density at radius 1 is 0.507 bits per heavy atom. The highest BCUT2D eigenvalue weighted by molar-refractivity contribution is 7.47. The van der Waals surface area contributed by atoms with Gasteiger partial charge in [-0.1, -0.05) is 212 Å². The third kappa shape index (κ3) is 52.6. The Hall–Kier alpha value is -3.10. The van der Waals surface area contributed by atoms with Crippen molar-refractivity contribution in [2.75, 3.05) is 40.9 Å². The lowest BCUT2D eigenvalue weighted by Crippen LogP contribution is -2.45. The van der Waals surface area contributed by atoms with E-state index in [1.165, 1.54) is 83.5 Å². The fourth-order valence-electron chi connectivity index (χ4n) is 7.11. The van der Waals surface area contributed by atoms with Gasteiger partial charge in [0, 0.05) is 6.42 Å². The van der Waals surface area contributed by atoms with E-state index in [1.807, 2.05) is 27.2 Å². The number of phosphoric ester groups is 1. The van der Waals surface area contributed by atoms with E-state index < -0.39 is 20.0 Å². The first kappa shape index (κ1) is 65.9. The average molecular weight is 980 g/mol. The summed E-state index contributed by atoms with van der Waals surface area (Å²) in [6.45, 7) is 4.63. The molecule has 0 rings (SSSR count). The number of nitrogens with zero attached hydrogens (tertiary/aromatic N) is 1. The van der Waals surface area contributed by atoms with Crippen molar-refractivity contribution in [1.29, 1.82) is 0 Å². The molecule has 0 saturated carbocycles. The van der Waals surface area contributed by atoms with Crippen molar-refractivity contribution >= 4 is 13.7 Å². The number of unbranched alkanes of at least 4 members (excludes halogenated alkanes) is 17. The molecule has 0 fully saturated rings. The van der Waals surface area contributed by atoms with Gasteiger partial charge < -0.3 is 19.8 Å². The molecule has 9 heteroatoms. The molecule has 0 bridgehead atoms. The summed E-state index contributed by atoms with van der Waals surface area (Å²) in [6.07, 6.45) is 74.4. The lowest BCUT2D eigenvalue weighted by atomic mass is 10.0. The summed E-state index contributed by atoms with van der Waals surface area (Å²) in [5.74, 6) is -0.228. The second kappa shape index (κ2) is 49.9. The van der Waals surface area contributed by atoms with Gasteiger partial charge in [0.05, 0.1) is 39.9 Å². The second-order valence-electron chi connectivity index (χ2n) is 19.2.